The smallest absolute Gasteiger partial charge is 0.263 e. The normalized spacial score (nSPS) is 13.7. The number of aryl methyl sites for hydroxylation is 2. The number of rotatable bonds is 6. The maximum absolute atomic E-state index is 12.1. The van der Waals surface area contributed by atoms with Gasteiger partial charge in [0.15, 0.2) is 5.13 Å². The van der Waals surface area contributed by atoms with E-state index in [4.69, 9.17) is 4.42 Å². The van der Waals surface area contributed by atoms with Gasteiger partial charge in [-0.3, -0.25) is 4.79 Å². The predicted octanol–water partition coefficient (Wildman–Crippen LogP) is 2.42. The van der Waals surface area contributed by atoms with Crippen molar-refractivity contribution in [1.82, 2.24) is 10.3 Å². The number of thiazole rings is 1. The van der Waals surface area contributed by atoms with Crippen molar-refractivity contribution >= 4 is 22.4 Å². The number of amides is 1. The molecule has 0 spiro atoms. The summed E-state index contributed by atoms with van der Waals surface area (Å²) in [6.07, 6.45) is 1.53. The van der Waals surface area contributed by atoms with Crippen LogP contribution < -0.4 is 10.6 Å². The second kappa shape index (κ2) is 6.50. The highest BCUT2D eigenvalue weighted by molar-refractivity contribution is 7.17. The van der Waals surface area contributed by atoms with Crippen LogP contribution in [0.3, 0.4) is 0 Å². The highest BCUT2D eigenvalue weighted by Gasteiger charge is 2.28. The van der Waals surface area contributed by atoms with Crippen molar-refractivity contribution in [2.24, 2.45) is 0 Å². The van der Waals surface area contributed by atoms with Crippen LogP contribution >= 0.6 is 11.3 Å². The Kier molecular flexibility index (Phi) is 4.87. The molecule has 0 aliphatic heterocycles. The highest BCUT2D eigenvalue weighted by Crippen LogP contribution is 2.26. The van der Waals surface area contributed by atoms with Crippen molar-refractivity contribution in [2.75, 3.05) is 18.4 Å². The second-order valence-corrected chi connectivity index (χ2v) is 6.37. The highest BCUT2D eigenvalue weighted by atomic mass is 32.1. The van der Waals surface area contributed by atoms with Gasteiger partial charge in [-0.2, -0.15) is 0 Å². The summed E-state index contributed by atoms with van der Waals surface area (Å²) in [4.78, 5) is 16.7. The lowest BCUT2D eigenvalue weighted by molar-refractivity contribution is 0.0515. The lowest BCUT2D eigenvalue weighted by atomic mass is 9.96. The van der Waals surface area contributed by atoms with Gasteiger partial charge in [0.05, 0.1) is 12.7 Å². The van der Waals surface area contributed by atoms with E-state index in [0.29, 0.717) is 21.3 Å². The third-order valence-electron chi connectivity index (χ3n) is 3.27. The summed E-state index contributed by atoms with van der Waals surface area (Å²) >= 11 is 1.28. The molecule has 1 unspecified atom stereocenters. The SMILES string of the molecule is CCNc1ncc(C(=O)NCC(C)(O)c2cc(C)oc2C)s1. The van der Waals surface area contributed by atoms with Crippen molar-refractivity contribution in [3.63, 3.8) is 0 Å². The summed E-state index contributed by atoms with van der Waals surface area (Å²) in [7, 11) is 0. The van der Waals surface area contributed by atoms with Gasteiger partial charge in [0.1, 0.15) is 22.0 Å². The van der Waals surface area contributed by atoms with E-state index in [1.807, 2.05) is 13.8 Å². The summed E-state index contributed by atoms with van der Waals surface area (Å²) < 4.78 is 5.43. The number of hydrogen-bond acceptors (Lipinski definition) is 6. The van der Waals surface area contributed by atoms with E-state index in [-0.39, 0.29) is 12.5 Å². The van der Waals surface area contributed by atoms with Gasteiger partial charge in [-0.05, 0) is 33.8 Å². The zero-order valence-electron chi connectivity index (χ0n) is 13.2. The topological polar surface area (TPSA) is 87.4 Å². The van der Waals surface area contributed by atoms with E-state index >= 15 is 0 Å². The van der Waals surface area contributed by atoms with Crippen LogP contribution in [-0.2, 0) is 5.60 Å². The number of carbonyl (C=O) groups excluding carboxylic acids is 1. The first-order chi connectivity index (χ1) is 10.3. The molecular weight excluding hydrogens is 302 g/mol. The Morgan fingerprint density at radius 2 is 2.23 bits per heavy atom. The average molecular weight is 323 g/mol. The average Bonchev–Trinajstić information content (AvgIpc) is 3.03. The molecule has 6 nitrogen and oxygen atoms in total. The third-order valence-corrected chi connectivity index (χ3v) is 4.23. The van der Waals surface area contributed by atoms with Gasteiger partial charge >= 0.3 is 0 Å². The molecule has 0 saturated carbocycles. The first-order valence-electron chi connectivity index (χ1n) is 7.11. The Bertz CT molecular complexity index is 661. The van der Waals surface area contributed by atoms with Crippen LogP contribution in [0.25, 0.3) is 0 Å². The number of anilines is 1. The summed E-state index contributed by atoms with van der Waals surface area (Å²) in [5.41, 5.74) is -0.505. The van der Waals surface area contributed by atoms with Crippen LogP contribution in [-0.4, -0.2) is 29.1 Å². The number of furan rings is 1. The molecule has 2 aromatic rings. The first kappa shape index (κ1) is 16.5. The Morgan fingerprint density at radius 3 is 2.82 bits per heavy atom. The number of carbonyl (C=O) groups is 1. The summed E-state index contributed by atoms with van der Waals surface area (Å²) in [6.45, 7) is 8.09. The summed E-state index contributed by atoms with van der Waals surface area (Å²) in [6, 6.07) is 1.79. The van der Waals surface area contributed by atoms with E-state index < -0.39 is 5.60 Å². The van der Waals surface area contributed by atoms with Gasteiger partial charge in [-0.15, -0.1) is 0 Å². The molecule has 2 rings (SSSR count). The van der Waals surface area contributed by atoms with Crippen LogP contribution in [0, 0.1) is 13.8 Å². The quantitative estimate of drug-likeness (QED) is 0.760. The molecule has 0 fully saturated rings. The van der Waals surface area contributed by atoms with Gasteiger partial charge in [0.2, 0.25) is 0 Å². The Balaban J connectivity index is 2.01. The monoisotopic (exact) mass is 323 g/mol. The minimum atomic E-state index is -1.19. The largest absolute Gasteiger partial charge is 0.466 e. The van der Waals surface area contributed by atoms with Crippen LogP contribution in [0.1, 0.15) is 40.6 Å². The maximum atomic E-state index is 12.1. The molecule has 22 heavy (non-hydrogen) atoms. The zero-order valence-corrected chi connectivity index (χ0v) is 14.0. The molecule has 0 saturated heterocycles. The van der Waals surface area contributed by atoms with Gasteiger partial charge in [-0.25, -0.2) is 4.98 Å². The van der Waals surface area contributed by atoms with Crippen molar-refractivity contribution in [2.45, 2.75) is 33.3 Å². The number of nitrogens with one attached hydrogen (secondary N) is 2. The lowest BCUT2D eigenvalue weighted by Crippen LogP contribution is -2.38. The maximum Gasteiger partial charge on any atom is 0.263 e. The fraction of sp³-hybridized carbons (Fsp3) is 0.467. The van der Waals surface area contributed by atoms with E-state index in [1.54, 1.807) is 19.9 Å². The van der Waals surface area contributed by atoms with Crippen molar-refractivity contribution in [3.05, 3.63) is 34.2 Å². The molecule has 0 aliphatic carbocycles. The van der Waals surface area contributed by atoms with Crippen molar-refractivity contribution in [3.8, 4) is 0 Å². The standard InChI is InChI=1S/C15H21N3O3S/c1-5-16-14-17-7-12(22-14)13(19)18-8-15(4,20)11-6-9(2)21-10(11)3/h6-7,20H,5,8H2,1-4H3,(H,16,17)(H,18,19). The molecular formula is C15H21N3O3S. The summed E-state index contributed by atoms with van der Waals surface area (Å²) in [5.74, 6) is 1.14. The van der Waals surface area contributed by atoms with Crippen molar-refractivity contribution in [1.29, 1.82) is 0 Å². The van der Waals surface area contributed by atoms with Crippen LogP contribution in [0.15, 0.2) is 16.7 Å². The van der Waals surface area contributed by atoms with E-state index in [0.717, 1.165) is 12.3 Å². The third kappa shape index (κ3) is 3.66. The molecule has 1 amide bonds. The molecule has 120 valence electrons. The molecule has 3 N–H and O–H groups in total. The van der Waals surface area contributed by atoms with Gasteiger partial charge in [-0.1, -0.05) is 11.3 Å². The number of nitrogens with zero attached hydrogens (tertiary/aromatic N) is 1. The first-order valence-corrected chi connectivity index (χ1v) is 7.93. The molecule has 0 aromatic carbocycles. The van der Waals surface area contributed by atoms with E-state index in [2.05, 4.69) is 15.6 Å². The Labute approximate surface area is 133 Å². The number of aromatic nitrogens is 1. The number of hydrogen-bond donors (Lipinski definition) is 3. The molecule has 0 bridgehead atoms. The van der Waals surface area contributed by atoms with Crippen LogP contribution in [0.5, 0.6) is 0 Å². The van der Waals surface area contributed by atoms with Gasteiger partial charge in [0, 0.05) is 12.1 Å². The molecule has 0 radical (unpaired) electrons. The molecule has 2 aromatic heterocycles. The fourth-order valence-corrected chi connectivity index (χ4v) is 3.01. The molecule has 1 atom stereocenters. The zero-order chi connectivity index (χ0) is 16.3. The van der Waals surface area contributed by atoms with Crippen LogP contribution in [0.4, 0.5) is 5.13 Å². The Hall–Kier alpha value is -1.86. The fourth-order valence-electron chi connectivity index (χ4n) is 2.21. The minimum Gasteiger partial charge on any atom is -0.466 e. The van der Waals surface area contributed by atoms with Crippen molar-refractivity contribution < 1.29 is 14.3 Å². The summed E-state index contributed by atoms with van der Waals surface area (Å²) in [5, 5.41) is 17.1. The number of aliphatic hydroxyl groups is 1. The van der Waals surface area contributed by atoms with Crippen LogP contribution in [0.2, 0.25) is 0 Å². The molecule has 2 heterocycles. The van der Waals surface area contributed by atoms with E-state index in [9.17, 15) is 9.90 Å². The predicted molar refractivity (Wildman–Crippen MR) is 86.4 cm³/mol. The second-order valence-electron chi connectivity index (χ2n) is 5.34. The lowest BCUT2D eigenvalue weighted by Gasteiger charge is -2.23. The van der Waals surface area contributed by atoms with Gasteiger partial charge < -0.3 is 20.2 Å². The van der Waals surface area contributed by atoms with E-state index in [1.165, 1.54) is 17.5 Å². The molecule has 0 aliphatic rings. The minimum absolute atomic E-state index is 0.0973. The Morgan fingerprint density at radius 1 is 1.50 bits per heavy atom. The van der Waals surface area contributed by atoms with Gasteiger partial charge in [0.25, 0.3) is 5.91 Å². The molecule has 7 heteroatoms.